The van der Waals surface area contributed by atoms with Gasteiger partial charge in [0.25, 0.3) is 5.91 Å². The molecule has 1 aliphatic rings. The van der Waals surface area contributed by atoms with Gasteiger partial charge in [-0.3, -0.25) is 9.69 Å². The molecule has 2 rings (SSSR count). The van der Waals surface area contributed by atoms with E-state index in [0.29, 0.717) is 28.9 Å². The monoisotopic (exact) mass is 388 g/mol. The lowest BCUT2D eigenvalue weighted by molar-refractivity contribution is -0.128. The summed E-state index contributed by atoms with van der Waals surface area (Å²) in [6, 6.07) is 5.16. The van der Waals surface area contributed by atoms with Crippen LogP contribution >= 0.6 is 35.0 Å². The Hall–Kier alpha value is -0.750. The lowest BCUT2D eigenvalue weighted by Gasteiger charge is -2.19. The second-order valence-electron chi connectivity index (χ2n) is 5.96. The molecule has 0 spiro atoms. The fourth-order valence-corrected chi connectivity index (χ4v) is 4.02. The standard InChI is InChI=1S/C17H22Cl2N2O2S/c1-11(2)15-16(22)21(7-4-8-23-3)17(20-15)24-10-12-5-6-13(18)9-14(12)19/h5-6,9,11,15H,4,7-8,10H2,1-3H3/t15-/m1/s1. The number of carbonyl (C=O) groups is 1. The van der Waals surface area contributed by atoms with Crippen LogP contribution in [0, 0.1) is 5.92 Å². The van der Waals surface area contributed by atoms with Crippen LogP contribution in [-0.4, -0.2) is 42.3 Å². The number of halogens is 2. The number of carbonyl (C=O) groups excluding carboxylic acids is 1. The highest BCUT2D eigenvalue weighted by molar-refractivity contribution is 8.13. The topological polar surface area (TPSA) is 41.9 Å². The van der Waals surface area contributed by atoms with Gasteiger partial charge in [0.1, 0.15) is 6.04 Å². The lowest BCUT2D eigenvalue weighted by Crippen LogP contribution is -2.37. The second kappa shape index (κ2) is 9.09. The maximum absolute atomic E-state index is 12.6. The Labute approximate surface area is 157 Å². The summed E-state index contributed by atoms with van der Waals surface area (Å²) in [5, 5.41) is 2.01. The van der Waals surface area contributed by atoms with Crippen molar-refractivity contribution in [3.63, 3.8) is 0 Å². The van der Waals surface area contributed by atoms with Gasteiger partial charge < -0.3 is 4.74 Å². The molecule has 0 unspecified atom stereocenters. The van der Waals surface area contributed by atoms with Gasteiger partial charge in [0, 0.05) is 36.1 Å². The summed E-state index contributed by atoms with van der Waals surface area (Å²) in [5.74, 6) is 0.902. The van der Waals surface area contributed by atoms with Crippen molar-refractivity contribution >= 4 is 46.0 Å². The van der Waals surface area contributed by atoms with Crippen LogP contribution in [0.1, 0.15) is 25.8 Å². The van der Waals surface area contributed by atoms with Crippen molar-refractivity contribution in [1.82, 2.24) is 4.90 Å². The SMILES string of the molecule is COCCCN1C(=O)[C@@H](C(C)C)N=C1SCc1ccc(Cl)cc1Cl. The minimum absolute atomic E-state index is 0.0748. The molecule has 0 radical (unpaired) electrons. The molecule has 0 N–H and O–H groups in total. The third kappa shape index (κ3) is 4.88. The molecule has 132 valence electrons. The Balaban J connectivity index is 2.08. The van der Waals surface area contributed by atoms with Crippen molar-refractivity contribution in [2.75, 3.05) is 20.3 Å². The molecule has 0 aromatic heterocycles. The third-order valence-corrected chi connectivity index (χ3v) is 5.36. The normalized spacial score (nSPS) is 17.8. The molecule has 1 aromatic carbocycles. The predicted octanol–water partition coefficient (Wildman–Crippen LogP) is 4.49. The zero-order valence-corrected chi connectivity index (χ0v) is 16.4. The number of thioether (sulfide) groups is 1. The van der Waals surface area contributed by atoms with E-state index in [4.69, 9.17) is 27.9 Å². The quantitative estimate of drug-likeness (QED) is 0.646. The Morgan fingerprint density at radius 2 is 2.12 bits per heavy atom. The van der Waals surface area contributed by atoms with E-state index >= 15 is 0 Å². The molecule has 1 aliphatic heterocycles. The number of hydrogen-bond acceptors (Lipinski definition) is 4. The van der Waals surface area contributed by atoms with Gasteiger partial charge >= 0.3 is 0 Å². The molecule has 0 aliphatic carbocycles. The van der Waals surface area contributed by atoms with Crippen molar-refractivity contribution in [3.05, 3.63) is 33.8 Å². The van der Waals surface area contributed by atoms with Crippen LogP contribution in [0.5, 0.6) is 0 Å². The van der Waals surface area contributed by atoms with Crippen molar-refractivity contribution in [1.29, 1.82) is 0 Å². The molecule has 4 nitrogen and oxygen atoms in total. The van der Waals surface area contributed by atoms with E-state index in [1.54, 1.807) is 18.1 Å². The molecule has 0 fully saturated rings. The predicted molar refractivity (Wildman–Crippen MR) is 102 cm³/mol. The lowest BCUT2D eigenvalue weighted by atomic mass is 10.1. The number of amides is 1. The smallest absolute Gasteiger partial charge is 0.253 e. The van der Waals surface area contributed by atoms with Gasteiger partial charge in [-0.05, 0) is 30.0 Å². The Morgan fingerprint density at radius 3 is 2.75 bits per heavy atom. The number of ether oxygens (including phenoxy) is 1. The van der Waals surface area contributed by atoms with E-state index in [9.17, 15) is 4.79 Å². The van der Waals surface area contributed by atoms with Crippen LogP contribution < -0.4 is 0 Å². The molecule has 1 atom stereocenters. The Morgan fingerprint density at radius 1 is 1.38 bits per heavy atom. The van der Waals surface area contributed by atoms with Crippen LogP contribution in [0.25, 0.3) is 0 Å². The fourth-order valence-electron chi connectivity index (χ4n) is 2.40. The van der Waals surface area contributed by atoms with E-state index in [-0.39, 0.29) is 17.9 Å². The first-order valence-corrected chi connectivity index (χ1v) is 9.63. The molecule has 24 heavy (non-hydrogen) atoms. The van der Waals surface area contributed by atoms with Gasteiger partial charge in [-0.25, -0.2) is 4.99 Å². The first-order valence-electron chi connectivity index (χ1n) is 7.89. The molecule has 0 bridgehead atoms. The summed E-state index contributed by atoms with van der Waals surface area (Å²) in [6.07, 6.45) is 0.786. The maximum atomic E-state index is 12.6. The number of benzene rings is 1. The van der Waals surface area contributed by atoms with Crippen molar-refractivity contribution < 1.29 is 9.53 Å². The summed E-state index contributed by atoms with van der Waals surface area (Å²) >= 11 is 13.7. The van der Waals surface area contributed by atoms with Crippen LogP contribution in [-0.2, 0) is 15.3 Å². The zero-order chi connectivity index (χ0) is 17.7. The number of amidine groups is 1. The molecule has 1 amide bonds. The third-order valence-electron chi connectivity index (χ3n) is 3.73. The molecule has 0 saturated carbocycles. The highest BCUT2D eigenvalue weighted by Crippen LogP contribution is 2.29. The fraction of sp³-hybridized carbons (Fsp3) is 0.529. The molecule has 1 heterocycles. The molecule has 0 saturated heterocycles. The van der Waals surface area contributed by atoms with E-state index in [2.05, 4.69) is 4.99 Å². The summed E-state index contributed by atoms with van der Waals surface area (Å²) in [6.45, 7) is 5.28. The van der Waals surface area contributed by atoms with E-state index in [1.165, 1.54) is 11.8 Å². The van der Waals surface area contributed by atoms with Gasteiger partial charge in [0.05, 0.1) is 0 Å². The van der Waals surface area contributed by atoms with E-state index in [1.807, 2.05) is 26.0 Å². The minimum atomic E-state index is -0.296. The maximum Gasteiger partial charge on any atom is 0.253 e. The summed E-state index contributed by atoms with van der Waals surface area (Å²) in [5.41, 5.74) is 0.978. The van der Waals surface area contributed by atoms with Gasteiger partial charge in [0.2, 0.25) is 0 Å². The Bertz CT molecular complexity index is 623. The average molecular weight is 389 g/mol. The summed E-state index contributed by atoms with van der Waals surface area (Å²) in [7, 11) is 1.66. The first-order chi connectivity index (χ1) is 11.4. The molecular weight excluding hydrogens is 367 g/mol. The van der Waals surface area contributed by atoms with E-state index < -0.39 is 0 Å². The second-order valence-corrected chi connectivity index (χ2v) is 7.75. The highest BCUT2D eigenvalue weighted by Gasteiger charge is 2.36. The molecular formula is C17H22Cl2N2O2S. The first kappa shape index (κ1) is 19.6. The van der Waals surface area contributed by atoms with Gasteiger partial charge in [-0.1, -0.05) is 54.9 Å². The van der Waals surface area contributed by atoms with Gasteiger partial charge in [-0.15, -0.1) is 0 Å². The number of rotatable bonds is 7. The van der Waals surface area contributed by atoms with Gasteiger partial charge in [-0.2, -0.15) is 0 Å². The van der Waals surface area contributed by atoms with Crippen molar-refractivity contribution in [2.45, 2.75) is 32.1 Å². The van der Waals surface area contributed by atoms with E-state index in [0.717, 1.165) is 17.2 Å². The minimum Gasteiger partial charge on any atom is -0.385 e. The van der Waals surface area contributed by atoms with Gasteiger partial charge in [0.15, 0.2) is 5.17 Å². The number of hydrogen-bond donors (Lipinski definition) is 0. The summed E-state index contributed by atoms with van der Waals surface area (Å²) in [4.78, 5) is 19.0. The number of aliphatic imine (C=N–C) groups is 1. The Kier molecular flexibility index (Phi) is 7.41. The molecule has 7 heteroatoms. The highest BCUT2D eigenvalue weighted by atomic mass is 35.5. The summed E-state index contributed by atoms with van der Waals surface area (Å²) < 4.78 is 5.09. The molecule has 1 aromatic rings. The van der Waals surface area contributed by atoms with Crippen molar-refractivity contribution in [2.24, 2.45) is 10.9 Å². The van der Waals surface area contributed by atoms with Crippen molar-refractivity contribution in [3.8, 4) is 0 Å². The van der Waals surface area contributed by atoms with Crippen LogP contribution in [0.4, 0.5) is 0 Å². The largest absolute Gasteiger partial charge is 0.385 e. The number of nitrogens with zero attached hydrogens (tertiary/aromatic N) is 2. The number of methoxy groups -OCH3 is 1. The zero-order valence-electron chi connectivity index (χ0n) is 14.1. The average Bonchev–Trinajstić information content (AvgIpc) is 2.84. The van der Waals surface area contributed by atoms with Crippen LogP contribution in [0.3, 0.4) is 0 Å². The van der Waals surface area contributed by atoms with Crippen LogP contribution in [0.15, 0.2) is 23.2 Å². The van der Waals surface area contributed by atoms with Crippen LogP contribution in [0.2, 0.25) is 10.0 Å².